The van der Waals surface area contributed by atoms with Crippen molar-refractivity contribution in [2.24, 2.45) is 0 Å². The number of morpholine rings is 1. The maximum absolute atomic E-state index is 6.17. The van der Waals surface area contributed by atoms with Crippen LogP contribution in [0.4, 0.5) is 0 Å². The first-order valence-electron chi connectivity index (χ1n) is 7.85. The summed E-state index contributed by atoms with van der Waals surface area (Å²) in [5.74, 6) is 0. The summed E-state index contributed by atoms with van der Waals surface area (Å²) in [6, 6.07) is 6.22. The highest BCUT2D eigenvalue weighted by molar-refractivity contribution is 6.31. The molecule has 1 aliphatic rings. The van der Waals surface area contributed by atoms with Gasteiger partial charge in [-0.2, -0.15) is 0 Å². The maximum atomic E-state index is 6.17. The van der Waals surface area contributed by atoms with E-state index in [1.54, 1.807) is 0 Å². The molecule has 114 valence electrons. The van der Waals surface area contributed by atoms with Crippen molar-refractivity contribution in [3.63, 3.8) is 0 Å². The van der Waals surface area contributed by atoms with E-state index in [0.29, 0.717) is 0 Å². The molecule has 0 spiro atoms. The van der Waals surface area contributed by atoms with Gasteiger partial charge in [0, 0.05) is 41.8 Å². The van der Waals surface area contributed by atoms with Crippen LogP contribution in [0.3, 0.4) is 0 Å². The van der Waals surface area contributed by atoms with Crippen molar-refractivity contribution in [2.45, 2.75) is 26.3 Å². The van der Waals surface area contributed by atoms with Crippen molar-refractivity contribution in [3.05, 3.63) is 35.0 Å². The molecule has 0 aliphatic carbocycles. The zero-order valence-corrected chi connectivity index (χ0v) is 13.4. The molecule has 1 aliphatic heterocycles. The minimum atomic E-state index is 0.825. The van der Waals surface area contributed by atoms with E-state index in [0.717, 1.165) is 50.8 Å². The molecule has 0 N–H and O–H groups in total. The first kappa shape index (κ1) is 14.9. The minimum absolute atomic E-state index is 0.825. The Morgan fingerprint density at radius 2 is 2.05 bits per heavy atom. The summed E-state index contributed by atoms with van der Waals surface area (Å²) < 4.78 is 7.71. The maximum Gasteiger partial charge on any atom is 0.0594 e. The van der Waals surface area contributed by atoms with Gasteiger partial charge in [0.2, 0.25) is 0 Å². The van der Waals surface area contributed by atoms with E-state index in [1.807, 2.05) is 6.07 Å². The summed E-state index contributed by atoms with van der Waals surface area (Å²) >= 11 is 6.17. The highest BCUT2D eigenvalue weighted by atomic mass is 35.5. The van der Waals surface area contributed by atoms with Gasteiger partial charge in [-0.15, -0.1) is 0 Å². The van der Waals surface area contributed by atoms with E-state index in [2.05, 4.69) is 34.7 Å². The van der Waals surface area contributed by atoms with Crippen LogP contribution >= 0.6 is 11.6 Å². The molecule has 2 aromatic rings. The van der Waals surface area contributed by atoms with Crippen LogP contribution in [0.1, 0.15) is 18.9 Å². The van der Waals surface area contributed by atoms with Gasteiger partial charge in [0.25, 0.3) is 0 Å². The highest BCUT2D eigenvalue weighted by Gasteiger charge is 2.11. The van der Waals surface area contributed by atoms with Crippen molar-refractivity contribution in [1.82, 2.24) is 9.47 Å². The highest BCUT2D eigenvalue weighted by Crippen LogP contribution is 2.26. The Bertz CT molecular complexity index is 602. The lowest BCUT2D eigenvalue weighted by Gasteiger charge is -2.26. The molecular formula is C17H23ClN2O. The second-order valence-corrected chi connectivity index (χ2v) is 6.10. The van der Waals surface area contributed by atoms with Crippen molar-refractivity contribution in [2.75, 3.05) is 32.8 Å². The second-order valence-electron chi connectivity index (χ2n) is 5.66. The summed E-state index contributed by atoms with van der Waals surface area (Å²) in [6.07, 6.45) is 4.59. The van der Waals surface area contributed by atoms with Crippen molar-refractivity contribution in [1.29, 1.82) is 0 Å². The zero-order chi connectivity index (χ0) is 14.7. The fourth-order valence-electron chi connectivity index (χ4n) is 3.12. The molecule has 3 nitrogen and oxygen atoms in total. The normalized spacial score (nSPS) is 16.7. The topological polar surface area (TPSA) is 17.4 Å². The van der Waals surface area contributed by atoms with Gasteiger partial charge in [-0.25, -0.2) is 0 Å². The lowest BCUT2D eigenvalue weighted by molar-refractivity contribution is 0.0375. The van der Waals surface area contributed by atoms with Crippen LogP contribution in [0.5, 0.6) is 0 Å². The number of hydrogen-bond acceptors (Lipinski definition) is 2. The Labute approximate surface area is 131 Å². The van der Waals surface area contributed by atoms with Crippen LogP contribution in [0.2, 0.25) is 5.02 Å². The average molecular weight is 307 g/mol. The van der Waals surface area contributed by atoms with E-state index in [4.69, 9.17) is 16.3 Å². The third-order valence-corrected chi connectivity index (χ3v) is 4.53. The summed E-state index contributed by atoms with van der Waals surface area (Å²) in [5, 5.41) is 2.14. The van der Waals surface area contributed by atoms with Gasteiger partial charge in [0.05, 0.1) is 13.2 Å². The summed E-state index contributed by atoms with van der Waals surface area (Å²) in [7, 11) is 0. The van der Waals surface area contributed by atoms with E-state index < -0.39 is 0 Å². The number of halogens is 1. The molecule has 0 bridgehead atoms. The predicted octanol–water partition coefficient (Wildman–Crippen LogP) is 3.58. The van der Waals surface area contributed by atoms with Crippen molar-refractivity contribution >= 4 is 22.5 Å². The van der Waals surface area contributed by atoms with Gasteiger partial charge in [0.1, 0.15) is 0 Å². The Kier molecular flexibility index (Phi) is 4.84. The Morgan fingerprint density at radius 1 is 1.24 bits per heavy atom. The third kappa shape index (κ3) is 3.42. The number of fused-ring (bicyclic) bond motifs is 1. The Morgan fingerprint density at radius 3 is 2.81 bits per heavy atom. The lowest BCUT2D eigenvalue weighted by atomic mass is 10.1. The molecule has 1 fully saturated rings. The largest absolute Gasteiger partial charge is 0.379 e. The minimum Gasteiger partial charge on any atom is -0.379 e. The molecule has 1 aromatic carbocycles. The van der Waals surface area contributed by atoms with Gasteiger partial charge in [0.15, 0.2) is 0 Å². The van der Waals surface area contributed by atoms with Gasteiger partial charge in [-0.1, -0.05) is 11.6 Å². The van der Waals surface area contributed by atoms with Gasteiger partial charge < -0.3 is 9.30 Å². The van der Waals surface area contributed by atoms with Crippen LogP contribution in [-0.2, 0) is 17.7 Å². The average Bonchev–Trinajstić information content (AvgIpc) is 2.86. The van der Waals surface area contributed by atoms with Crippen LogP contribution in [0.15, 0.2) is 24.4 Å². The molecule has 21 heavy (non-hydrogen) atoms. The standard InChI is InChI=1S/C17H23ClN2O/c1-2-20-13-14(16-12-15(18)5-6-17(16)20)4-3-7-19-8-10-21-11-9-19/h5-6,12-13H,2-4,7-11H2,1H3. The number of ether oxygens (including phenoxy) is 1. The smallest absolute Gasteiger partial charge is 0.0594 e. The molecule has 1 saturated heterocycles. The zero-order valence-electron chi connectivity index (χ0n) is 12.6. The Balaban J connectivity index is 1.69. The molecule has 0 radical (unpaired) electrons. The number of aryl methyl sites for hydroxylation is 2. The van der Waals surface area contributed by atoms with E-state index in [-0.39, 0.29) is 0 Å². The Hall–Kier alpha value is -1.03. The monoisotopic (exact) mass is 306 g/mol. The van der Waals surface area contributed by atoms with Gasteiger partial charge in [-0.05, 0) is 50.1 Å². The van der Waals surface area contributed by atoms with Crippen LogP contribution < -0.4 is 0 Å². The molecule has 4 heteroatoms. The quantitative estimate of drug-likeness (QED) is 0.840. The fraction of sp³-hybridized carbons (Fsp3) is 0.529. The van der Waals surface area contributed by atoms with Crippen molar-refractivity contribution in [3.8, 4) is 0 Å². The van der Waals surface area contributed by atoms with E-state index >= 15 is 0 Å². The molecule has 0 saturated carbocycles. The number of rotatable bonds is 5. The number of hydrogen-bond donors (Lipinski definition) is 0. The van der Waals surface area contributed by atoms with Gasteiger partial charge >= 0.3 is 0 Å². The molecular weight excluding hydrogens is 284 g/mol. The third-order valence-electron chi connectivity index (χ3n) is 4.29. The number of aromatic nitrogens is 1. The molecule has 0 amide bonds. The lowest BCUT2D eigenvalue weighted by Crippen LogP contribution is -2.36. The van der Waals surface area contributed by atoms with Crippen LogP contribution in [0, 0.1) is 0 Å². The fourth-order valence-corrected chi connectivity index (χ4v) is 3.29. The second kappa shape index (κ2) is 6.82. The first-order valence-corrected chi connectivity index (χ1v) is 8.23. The molecule has 0 unspecified atom stereocenters. The number of benzene rings is 1. The van der Waals surface area contributed by atoms with Crippen LogP contribution in [0.25, 0.3) is 10.9 Å². The molecule has 3 rings (SSSR count). The molecule has 1 aromatic heterocycles. The van der Waals surface area contributed by atoms with E-state index in [1.165, 1.54) is 22.9 Å². The van der Waals surface area contributed by atoms with Gasteiger partial charge in [-0.3, -0.25) is 4.90 Å². The van der Waals surface area contributed by atoms with Crippen molar-refractivity contribution < 1.29 is 4.74 Å². The summed E-state index contributed by atoms with van der Waals surface area (Å²) in [6.45, 7) is 8.25. The SMILES string of the molecule is CCn1cc(CCCN2CCOCC2)c2cc(Cl)ccc21. The van der Waals surface area contributed by atoms with Crippen LogP contribution in [-0.4, -0.2) is 42.3 Å². The van der Waals surface area contributed by atoms with E-state index in [9.17, 15) is 0 Å². The number of nitrogens with zero attached hydrogens (tertiary/aromatic N) is 2. The molecule has 2 heterocycles. The molecule has 0 atom stereocenters. The predicted molar refractivity (Wildman–Crippen MR) is 88.2 cm³/mol. The first-order chi connectivity index (χ1) is 10.3. The summed E-state index contributed by atoms with van der Waals surface area (Å²) in [5.41, 5.74) is 2.71. The summed E-state index contributed by atoms with van der Waals surface area (Å²) in [4.78, 5) is 2.50.